The fourth-order valence-electron chi connectivity index (χ4n) is 2.20. The van der Waals surface area contributed by atoms with E-state index in [1.807, 2.05) is 18.2 Å². The van der Waals surface area contributed by atoms with Crippen LogP contribution in [0.15, 0.2) is 18.2 Å². The summed E-state index contributed by atoms with van der Waals surface area (Å²) >= 11 is 0. The molecule has 2 amide bonds. The maximum atomic E-state index is 12.0. The number of nitrogens with one attached hydrogen (secondary N) is 1. The Bertz CT molecular complexity index is 576. The van der Waals surface area contributed by atoms with Gasteiger partial charge in [0.05, 0.1) is 19.1 Å². The van der Waals surface area contributed by atoms with Crippen molar-refractivity contribution in [2.45, 2.75) is 19.9 Å². The quantitative estimate of drug-likeness (QED) is 0.861. The molecule has 7 nitrogen and oxygen atoms in total. The van der Waals surface area contributed by atoms with E-state index in [-0.39, 0.29) is 12.6 Å². The molecule has 0 saturated heterocycles. The van der Waals surface area contributed by atoms with E-state index in [0.29, 0.717) is 31.3 Å². The van der Waals surface area contributed by atoms with Gasteiger partial charge in [0, 0.05) is 26.6 Å². The van der Waals surface area contributed by atoms with Crippen molar-refractivity contribution in [3.63, 3.8) is 0 Å². The maximum Gasteiger partial charge on any atom is 0.317 e. The molecule has 2 rings (SSSR count). The molecule has 126 valence electrons. The number of carboxylic acids is 1. The average molecular weight is 322 g/mol. The standard InChI is InChI=1S/C16H22N2O5/c1-11(15(19)20)10-18(2)16(21)17-9-12-4-5-13-14(8-12)23-7-3-6-22-13/h4-5,8,11H,3,6-7,9-10H2,1-2H3,(H,17,21)(H,19,20). The predicted octanol–water partition coefficient (Wildman–Crippen LogP) is 1.71. The molecule has 1 heterocycles. The molecular weight excluding hydrogens is 300 g/mol. The number of urea groups is 1. The number of carboxylic acid groups (broad SMARTS) is 1. The lowest BCUT2D eigenvalue weighted by Gasteiger charge is -2.20. The fraction of sp³-hybridized carbons (Fsp3) is 0.500. The lowest BCUT2D eigenvalue weighted by molar-refractivity contribution is -0.141. The number of nitrogens with zero attached hydrogens (tertiary/aromatic N) is 1. The van der Waals surface area contributed by atoms with Crippen molar-refractivity contribution in [1.29, 1.82) is 0 Å². The summed E-state index contributed by atoms with van der Waals surface area (Å²) in [5.41, 5.74) is 0.891. The van der Waals surface area contributed by atoms with Gasteiger partial charge in [0.25, 0.3) is 0 Å². The number of benzene rings is 1. The van der Waals surface area contributed by atoms with Gasteiger partial charge in [0.1, 0.15) is 0 Å². The average Bonchev–Trinajstić information content (AvgIpc) is 2.76. The zero-order valence-electron chi connectivity index (χ0n) is 13.4. The predicted molar refractivity (Wildman–Crippen MR) is 83.7 cm³/mol. The number of amides is 2. The molecule has 0 spiro atoms. The number of ether oxygens (including phenoxy) is 2. The molecule has 1 unspecified atom stereocenters. The van der Waals surface area contributed by atoms with Crippen molar-refractivity contribution >= 4 is 12.0 Å². The Hall–Kier alpha value is -2.44. The molecule has 1 aliphatic heterocycles. The zero-order valence-corrected chi connectivity index (χ0v) is 13.4. The van der Waals surface area contributed by atoms with Crippen molar-refractivity contribution in [2.75, 3.05) is 26.8 Å². The molecule has 1 aliphatic rings. The van der Waals surface area contributed by atoms with E-state index in [1.54, 1.807) is 14.0 Å². The molecule has 0 radical (unpaired) electrons. The number of rotatable bonds is 5. The molecule has 0 aromatic heterocycles. The molecule has 0 bridgehead atoms. The number of hydrogen-bond acceptors (Lipinski definition) is 4. The molecule has 2 N–H and O–H groups in total. The number of fused-ring (bicyclic) bond motifs is 1. The van der Waals surface area contributed by atoms with Crippen molar-refractivity contribution in [1.82, 2.24) is 10.2 Å². The summed E-state index contributed by atoms with van der Waals surface area (Å²) in [4.78, 5) is 24.2. The van der Waals surface area contributed by atoms with Gasteiger partial charge in [0.15, 0.2) is 11.5 Å². The minimum Gasteiger partial charge on any atom is -0.490 e. The largest absolute Gasteiger partial charge is 0.490 e. The SMILES string of the molecule is CC(CN(C)C(=O)NCc1ccc2c(c1)OCCCO2)C(=O)O. The van der Waals surface area contributed by atoms with Gasteiger partial charge in [-0.1, -0.05) is 13.0 Å². The van der Waals surface area contributed by atoms with Gasteiger partial charge in [-0.15, -0.1) is 0 Å². The van der Waals surface area contributed by atoms with Crippen LogP contribution in [-0.2, 0) is 11.3 Å². The Kier molecular flexibility index (Phi) is 5.67. The summed E-state index contributed by atoms with van der Waals surface area (Å²) in [5, 5.41) is 11.6. The molecule has 1 atom stereocenters. The minimum atomic E-state index is -0.924. The summed E-state index contributed by atoms with van der Waals surface area (Å²) in [6, 6.07) is 5.23. The Morgan fingerprint density at radius 1 is 1.30 bits per heavy atom. The fourth-order valence-corrected chi connectivity index (χ4v) is 2.20. The van der Waals surface area contributed by atoms with Crippen LogP contribution in [0.1, 0.15) is 18.9 Å². The van der Waals surface area contributed by atoms with E-state index in [2.05, 4.69) is 5.32 Å². The van der Waals surface area contributed by atoms with Crippen LogP contribution in [0.3, 0.4) is 0 Å². The third kappa shape index (κ3) is 4.77. The summed E-state index contributed by atoms with van der Waals surface area (Å²) in [7, 11) is 1.57. The summed E-state index contributed by atoms with van der Waals surface area (Å²) in [6.45, 7) is 3.30. The van der Waals surface area contributed by atoms with Crippen molar-refractivity contribution in [2.24, 2.45) is 5.92 Å². The molecule has 1 aromatic carbocycles. The lowest BCUT2D eigenvalue weighted by Crippen LogP contribution is -2.40. The first kappa shape index (κ1) is 16.9. The second-order valence-electron chi connectivity index (χ2n) is 5.61. The Morgan fingerprint density at radius 2 is 2.00 bits per heavy atom. The van der Waals surface area contributed by atoms with Crippen LogP contribution in [0.5, 0.6) is 11.5 Å². The summed E-state index contributed by atoms with van der Waals surface area (Å²) in [6.07, 6.45) is 0.841. The molecule has 23 heavy (non-hydrogen) atoms. The van der Waals surface area contributed by atoms with Crippen molar-refractivity contribution < 1.29 is 24.2 Å². The third-order valence-corrected chi connectivity index (χ3v) is 3.57. The first-order valence-electron chi connectivity index (χ1n) is 7.57. The topological polar surface area (TPSA) is 88.1 Å². The number of carbonyl (C=O) groups is 2. The summed E-state index contributed by atoms with van der Waals surface area (Å²) < 4.78 is 11.2. The monoisotopic (exact) mass is 322 g/mol. The van der Waals surface area contributed by atoms with Crippen molar-refractivity contribution in [3.05, 3.63) is 23.8 Å². The van der Waals surface area contributed by atoms with E-state index in [9.17, 15) is 9.59 Å². The number of hydrogen-bond donors (Lipinski definition) is 2. The van der Waals surface area contributed by atoms with Crippen LogP contribution in [0.4, 0.5) is 4.79 Å². The smallest absolute Gasteiger partial charge is 0.317 e. The van der Waals surface area contributed by atoms with Crippen LogP contribution in [0.2, 0.25) is 0 Å². The van der Waals surface area contributed by atoms with Gasteiger partial charge < -0.3 is 24.8 Å². The van der Waals surface area contributed by atoms with Gasteiger partial charge in [-0.25, -0.2) is 4.79 Å². The highest BCUT2D eigenvalue weighted by Gasteiger charge is 2.17. The van der Waals surface area contributed by atoms with Crippen LogP contribution in [0, 0.1) is 5.92 Å². The van der Waals surface area contributed by atoms with E-state index in [0.717, 1.165) is 12.0 Å². The second-order valence-corrected chi connectivity index (χ2v) is 5.61. The maximum absolute atomic E-state index is 12.0. The van der Waals surface area contributed by atoms with E-state index in [4.69, 9.17) is 14.6 Å². The van der Waals surface area contributed by atoms with Gasteiger partial charge in [0.2, 0.25) is 0 Å². The minimum absolute atomic E-state index is 0.155. The molecular formula is C16H22N2O5. The molecule has 1 aromatic rings. The van der Waals surface area contributed by atoms with Crippen LogP contribution in [0.25, 0.3) is 0 Å². The highest BCUT2D eigenvalue weighted by Crippen LogP contribution is 2.30. The zero-order chi connectivity index (χ0) is 16.8. The van der Waals surface area contributed by atoms with E-state index in [1.165, 1.54) is 4.90 Å². The molecule has 0 aliphatic carbocycles. The highest BCUT2D eigenvalue weighted by molar-refractivity contribution is 5.75. The highest BCUT2D eigenvalue weighted by atomic mass is 16.5. The van der Waals surface area contributed by atoms with Crippen LogP contribution < -0.4 is 14.8 Å². The Balaban J connectivity index is 1.89. The van der Waals surface area contributed by atoms with Gasteiger partial charge >= 0.3 is 12.0 Å². The first-order valence-corrected chi connectivity index (χ1v) is 7.57. The third-order valence-electron chi connectivity index (χ3n) is 3.57. The second kappa shape index (κ2) is 7.71. The molecule has 0 saturated carbocycles. The van der Waals surface area contributed by atoms with E-state index < -0.39 is 11.9 Å². The van der Waals surface area contributed by atoms with Crippen molar-refractivity contribution in [3.8, 4) is 11.5 Å². The lowest BCUT2D eigenvalue weighted by atomic mass is 10.2. The van der Waals surface area contributed by atoms with Crippen LogP contribution in [-0.4, -0.2) is 48.8 Å². The molecule has 0 fully saturated rings. The Morgan fingerprint density at radius 3 is 2.70 bits per heavy atom. The summed E-state index contributed by atoms with van der Waals surface area (Å²) in [5.74, 6) is -0.136. The normalized spacial score (nSPS) is 14.5. The van der Waals surface area contributed by atoms with Gasteiger partial charge in [-0.2, -0.15) is 0 Å². The molecule has 7 heteroatoms. The first-order chi connectivity index (χ1) is 11.0. The van der Waals surface area contributed by atoms with Crippen LogP contribution >= 0.6 is 0 Å². The van der Waals surface area contributed by atoms with Gasteiger partial charge in [-0.05, 0) is 17.7 Å². The van der Waals surface area contributed by atoms with E-state index >= 15 is 0 Å². The van der Waals surface area contributed by atoms with Gasteiger partial charge in [-0.3, -0.25) is 4.79 Å². The number of carbonyl (C=O) groups excluding carboxylic acids is 1. The Labute approximate surface area is 135 Å². The number of aliphatic carboxylic acids is 1.